The quantitative estimate of drug-likeness (QED) is 0.685. The molecule has 0 bridgehead atoms. The maximum atomic E-state index is 15.1. The number of hydrogen-bond donors (Lipinski definition) is 1. The standard InChI is InChI=1S/C25H24F3N3O5/c1-12-4-18-21(23(22(12)26)36-16-7-25(27,28)8-16)24(33)31-10-15(5-14(31)11-34-18)35-20-6-17-13(9-29-20)2-3-19(32)30-17/h4,6,9,14-16H,2-3,5,7-8,10-11H2,1H3,(H,30,32)/t14-,15+/m1/s1. The molecule has 0 spiro atoms. The van der Waals surface area contributed by atoms with Crippen LogP contribution in [0.1, 0.15) is 47.2 Å². The highest BCUT2D eigenvalue weighted by Gasteiger charge is 2.48. The van der Waals surface area contributed by atoms with Gasteiger partial charge in [-0.3, -0.25) is 9.59 Å². The summed E-state index contributed by atoms with van der Waals surface area (Å²) >= 11 is 0. The minimum absolute atomic E-state index is 0.0681. The van der Waals surface area contributed by atoms with Gasteiger partial charge in [-0.1, -0.05) is 0 Å². The van der Waals surface area contributed by atoms with Crippen molar-refractivity contribution in [2.45, 2.75) is 63.2 Å². The van der Waals surface area contributed by atoms with E-state index in [0.29, 0.717) is 30.8 Å². The van der Waals surface area contributed by atoms with E-state index >= 15 is 4.39 Å². The third-order valence-electron chi connectivity index (χ3n) is 7.13. The third kappa shape index (κ3) is 4.00. The Morgan fingerprint density at radius 1 is 1.17 bits per heavy atom. The molecule has 6 rings (SSSR count). The van der Waals surface area contributed by atoms with Crippen LogP contribution < -0.4 is 19.5 Å². The van der Waals surface area contributed by atoms with E-state index in [1.165, 1.54) is 13.0 Å². The van der Waals surface area contributed by atoms with Crippen LogP contribution in [0.15, 0.2) is 18.3 Å². The molecule has 3 aliphatic heterocycles. The fraction of sp³-hybridized carbons (Fsp3) is 0.480. The number of aromatic nitrogens is 1. The molecule has 1 saturated carbocycles. The van der Waals surface area contributed by atoms with Crippen LogP contribution in [0.4, 0.5) is 18.9 Å². The molecule has 0 radical (unpaired) electrons. The van der Waals surface area contributed by atoms with Gasteiger partial charge in [0.1, 0.15) is 30.1 Å². The average Bonchev–Trinajstić information content (AvgIpc) is 3.16. The van der Waals surface area contributed by atoms with Crippen molar-refractivity contribution < 1.29 is 37.0 Å². The lowest BCUT2D eigenvalue weighted by atomic mass is 9.90. The van der Waals surface area contributed by atoms with E-state index < -0.39 is 42.7 Å². The molecular formula is C25H24F3N3O5. The summed E-state index contributed by atoms with van der Waals surface area (Å²) in [5.41, 5.74) is 1.70. The van der Waals surface area contributed by atoms with Crippen LogP contribution in [0.25, 0.3) is 0 Å². The smallest absolute Gasteiger partial charge is 0.262 e. The zero-order valence-electron chi connectivity index (χ0n) is 19.5. The van der Waals surface area contributed by atoms with Crippen molar-refractivity contribution in [3.63, 3.8) is 0 Å². The number of nitrogens with one attached hydrogen (secondary N) is 1. The van der Waals surface area contributed by atoms with E-state index in [9.17, 15) is 18.4 Å². The number of rotatable bonds is 4. The van der Waals surface area contributed by atoms with E-state index in [-0.39, 0.29) is 47.7 Å². The van der Waals surface area contributed by atoms with Crippen LogP contribution in [0.2, 0.25) is 0 Å². The summed E-state index contributed by atoms with van der Waals surface area (Å²) in [5.74, 6) is -4.01. The zero-order chi connectivity index (χ0) is 25.2. The molecule has 1 aromatic carbocycles. The Hall–Kier alpha value is -3.50. The minimum atomic E-state index is -2.85. The molecule has 1 N–H and O–H groups in total. The van der Waals surface area contributed by atoms with Crippen LogP contribution >= 0.6 is 0 Å². The first kappa shape index (κ1) is 22.9. The SMILES string of the molecule is Cc1cc2c(c(OC3CC(F)(F)C3)c1F)C(=O)N1C[C@@H](Oc3cc4c(cn3)CCC(=O)N4)C[C@@H]1CO2. The molecule has 2 amide bonds. The van der Waals surface area contributed by atoms with Crippen molar-refractivity contribution >= 4 is 17.5 Å². The lowest BCUT2D eigenvalue weighted by Crippen LogP contribution is -2.43. The second kappa shape index (κ2) is 8.28. The first-order chi connectivity index (χ1) is 17.2. The van der Waals surface area contributed by atoms with Crippen LogP contribution in [0, 0.1) is 12.7 Å². The van der Waals surface area contributed by atoms with Crippen LogP contribution in [0.5, 0.6) is 17.4 Å². The number of hydrogen-bond acceptors (Lipinski definition) is 6. The number of carbonyl (C=O) groups excluding carboxylic acids is 2. The molecule has 190 valence electrons. The zero-order valence-corrected chi connectivity index (χ0v) is 19.5. The van der Waals surface area contributed by atoms with Gasteiger partial charge in [-0.05, 0) is 30.5 Å². The lowest BCUT2D eigenvalue weighted by molar-refractivity contribution is -0.135. The summed E-state index contributed by atoms with van der Waals surface area (Å²) in [6, 6.07) is 2.77. The normalized spacial score (nSPS) is 24.5. The maximum absolute atomic E-state index is 15.1. The Morgan fingerprint density at radius 3 is 2.75 bits per heavy atom. The number of benzene rings is 1. The number of alkyl halides is 2. The number of fused-ring (bicyclic) bond motifs is 3. The van der Waals surface area contributed by atoms with Crippen molar-refractivity contribution in [2.24, 2.45) is 0 Å². The van der Waals surface area contributed by atoms with Crippen molar-refractivity contribution in [2.75, 3.05) is 18.5 Å². The molecule has 4 heterocycles. The van der Waals surface area contributed by atoms with E-state index in [1.807, 2.05) is 0 Å². The number of aryl methyl sites for hydroxylation is 2. The largest absolute Gasteiger partial charge is 0.490 e. The Morgan fingerprint density at radius 2 is 1.97 bits per heavy atom. The summed E-state index contributed by atoms with van der Waals surface area (Å²) in [6.07, 6.45) is 0.806. The molecule has 2 atom stereocenters. The molecule has 2 fully saturated rings. The molecule has 1 aliphatic carbocycles. The first-order valence-corrected chi connectivity index (χ1v) is 11.9. The average molecular weight is 503 g/mol. The fourth-order valence-electron chi connectivity index (χ4n) is 5.19. The van der Waals surface area contributed by atoms with Crippen molar-refractivity contribution in [1.29, 1.82) is 0 Å². The topological polar surface area (TPSA) is 90.0 Å². The van der Waals surface area contributed by atoms with Gasteiger partial charge in [0.2, 0.25) is 11.8 Å². The van der Waals surface area contributed by atoms with Gasteiger partial charge >= 0.3 is 0 Å². The number of halogens is 3. The van der Waals surface area contributed by atoms with E-state index in [1.54, 1.807) is 17.2 Å². The summed E-state index contributed by atoms with van der Waals surface area (Å²) in [4.78, 5) is 31.2. The summed E-state index contributed by atoms with van der Waals surface area (Å²) in [7, 11) is 0. The predicted octanol–water partition coefficient (Wildman–Crippen LogP) is 3.64. The Bertz CT molecular complexity index is 1260. The summed E-state index contributed by atoms with van der Waals surface area (Å²) < 4.78 is 59.3. The van der Waals surface area contributed by atoms with Crippen molar-refractivity contribution in [3.8, 4) is 17.4 Å². The molecular weight excluding hydrogens is 479 g/mol. The second-order valence-corrected chi connectivity index (χ2v) is 9.84. The summed E-state index contributed by atoms with van der Waals surface area (Å²) in [6.45, 7) is 1.88. The van der Waals surface area contributed by atoms with Gasteiger partial charge in [0.15, 0.2) is 11.6 Å². The van der Waals surface area contributed by atoms with Gasteiger partial charge in [-0.2, -0.15) is 0 Å². The van der Waals surface area contributed by atoms with Gasteiger partial charge in [0, 0.05) is 37.9 Å². The first-order valence-electron chi connectivity index (χ1n) is 11.9. The van der Waals surface area contributed by atoms with Crippen LogP contribution in [-0.2, 0) is 11.2 Å². The predicted molar refractivity (Wildman–Crippen MR) is 120 cm³/mol. The monoisotopic (exact) mass is 503 g/mol. The molecule has 8 nitrogen and oxygen atoms in total. The van der Waals surface area contributed by atoms with Crippen molar-refractivity contribution in [3.05, 3.63) is 40.8 Å². The molecule has 2 aromatic rings. The molecule has 1 aromatic heterocycles. The highest BCUT2D eigenvalue weighted by atomic mass is 19.3. The highest BCUT2D eigenvalue weighted by Crippen LogP contribution is 2.44. The fourth-order valence-corrected chi connectivity index (χ4v) is 5.19. The minimum Gasteiger partial charge on any atom is -0.490 e. The third-order valence-corrected chi connectivity index (χ3v) is 7.13. The van der Waals surface area contributed by atoms with Crippen LogP contribution in [0.3, 0.4) is 0 Å². The molecule has 0 unspecified atom stereocenters. The lowest BCUT2D eigenvalue weighted by Gasteiger charge is -2.35. The number of nitrogens with zero attached hydrogens (tertiary/aromatic N) is 2. The summed E-state index contributed by atoms with van der Waals surface area (Å²) in [5, 5.41) is 2.81. The van der Waals surface area contributed by atoms with Crippen molar-refractivity contribution in [1.82, 2.24) is 9.88 Å². The van der Waals surface area contributed by atoms with E-state index in [4.69, 9.17) is 14.2 Å². The number of anilines is 1. The Balaban J connectivity index is 1.23. The van der Waals surface area contributed by atoms with Gasteiger partial charge in [0.25, 0.3) is 11.8 Å². The molecule has 4 aliphatic rings. The van der Waals surface area contributed by atoms with Gasteiger partial charge in [-0.15, -0.1) is 0 Å². The highest BCUT2D eigenvalue weighted by molar-refractivity contribution is 6.00. The molecule has 1 saturated heterocycles. The number of amides is 2. The van der Waals surface area contributed by atoms with Gasteiger partial charge in [0.05, 0.1) is 18.3 Å². The molecule has 36 heavy (non-hydrogen) atoms. The number of ether oxygens (including phenoxy) is 3. The number of pyridine rings is 1. The van der Waals surface area contributed by atoms with E-state index in [0.717, 1.165) is 5.56 Å². The Kier molecular flexibility index (Phi) is 5.27. The maximum Gasteiger partial charge on any atom is 0.262 e. The second-order valence-electron chi connectivity index (χ2n) is 9.84. The van der Waals surface area contributed by atoms with Gasteiger partial charge < -0.3 is 24.4 Å². The number of carbonyl (C=O) groups is 2. The Labute approximate surface area is 204 Å². The van der Waals surface area contributed by atoms with E-state index in [2.05, 4.69) is 10.3 Å². The van der Waals surface area contributed by atoms with Gasteiger partial charge in [-0.25, -0.2) is 18.2 Å². The molecule has 11 heteroatoms. The van der Waals surface area contributed by atoms with Crippen LogP contribution in [-0.4, -0.2) is 59.0 Å².